The van der Waals surface area contributed by atoms with E-state index in [9.17, 15) is 5.11 Å². The molecule has 1 N–H and O–H groups in total. The van der Waals surface area contributed by atoms with Crippen LogP contribution in [0.4, 0.5) is 0 Å². The van der Waals surface area contributed by atoms with Crippen LogP contribution in [0.2, 0.25) is 19.6 Å². The highest BCUT2D eigenvalue weighted by molar-refractivity contribution is 6.83. The Bertz CT molecular complexity index is 223. The van der Waals surface area contributed by atoms with Crippen molar-refractivity contribution in [2.45, 2.75) is 46.5 Å². The molecular weight excluding hydrogens is 176 g/mol. The Hall–Kier alpha value is -0.303. The topological polar surface area (TPSA) is 20.2 Å². The van der Waals surface area contributed by atoms with Gasteiger partial charge in [-0.3, -0.25) is 0 Å². The third kappa shape index (κ3) is 3.51. The first-order valence-electron chi connectivity index (χ1n) is 4.69. The van der Waals surface area contributed by atoms with E-state index >= 15 is 0 Å². The minimum atomic E-state index is -1.47. The fourth-order valence-electron chi connectivity index (χ4n) is 1.21. The summed E-state index contributed by atoms with van der Waals surface area (Å²) < 4.78 is 0. The molecule has 0 saturated carbocycles. The van der Waals surface area contributed by atoms with Crippen molar-refractivity contribution < 1.29 is 5.11 Å². The molecule has 0 radical (unpaired) electrons. The molecule has 0 heterocycles. The summed E-state index contributed by atoms with van der Waals surface area (Å²) in [6.07, 6.45) is -0.406. The summed E-state index contributed by atoms with van der Waals surface area (Å²) in [6, 6.07) is 0. The van der Waals surface area contributed by atoms with E-state index in [1.165, 1.54) is 0 Å². The van der Waals surface area contributed by atoms with Crippen molar-refractivity contribution in [1.82, 2.24) is 0 Å². The van der Waals surface area contributed by atoms with Crippen molar-refractivity contribution in [3.63, 3.8) is 0 Å². The number of hydrogen-bond acceptors (Lipinski definition) is 1. The summed E-state index contributed by atoms with van der Waals surface area (Å²) in [6.45, 7) is 16.4. The zero-order valence-electron chi connectivity index (χ0n) is 9.73. The lowest BCUT2D eigenvalue weighted by Crippen LogP contribution is -2.38. The van der Waals surface area contributed by atoms with Crippen molar-refractivity contribution in [3.8, 4) is 0 Å². The summed E-state index contributed by atoms with van der Waals surface area (Å²) in [5.74, 6) is 0. The van der Waals surface area contributed by atoms with Gasteiger partial charge in [0.05, 0.1) is 14.2 Å². The Balaban J connectivity index is 4.96. The van der Waals surface area contributed by atoms with E-state index in [0.717, 1.165) is 5.20 Å². The van der Waals surface area contributed by atoms with Crippen molar-refractivity contribution in [2.75, 3.05) is 0 Å². The standard InChI is InChI=1S/C11H22OSi/c1-8-9(13(5,6)7)10(12)11(2,3)4/h10,12H,1H2,2-7H3. The third-order valence-electron chi connectivity index (χ3n) is 2.09. The second-order valence-corrected chi connectivity index (χ2v) is 10.6. The Labute approximate surface area is 83.2 Å². The van der Waals surface area contributed by atoms with Gasteiger partial charge >= 0.3 is 0 Å². The van der Waals surface area contributed by atoms with Crippen LogP contribution >= 0.6 is 0 Å². The first-order valence-corrected chi connectivity index (χ1v) is 8.19. The van der Waals surface area contributed by atoms with Crippen molar-refractivity contribution in [1.29, 1.82) is 0 Å². The first kappa shape index (κ1) is 12.7. The summed E-state index contributed by atoms with van der Waals surface area (Å²) in [5.41, 5.74) is 2.82. The second-order valence-electron chi connectivity index (χ2n) is 5.61. The molecule has 1 atom stereocenters. The molecule has 0 spiro atoms. The smallest absolute Gasteiger partial charge is 0.0857 e. The molecule has 0 aromatic carbocycles. The second kappa shape index (κ2) is 3.83. The lowest BCUT2D eigenvalue weighted by atomic mass is 9.89. The first-order chi connectivity index (χ1) is 5.60. The minimum absolute atomic E-state index is 0.111. The fourth-order valence-corrected chi connectivity index (χ4v) is 2.99. The molecule has 0 aliphatic rings. The monoisotopic (exact) mass is 198 g/mol. The molecule has 0 aliphatic carbocycles. The summed E-state index contributed by atoms with van der Waals surface area (Å²) in [7, 11) is -1.47. The summed E-state index contributed by atoms with van der Waals surface area (Å²) >= 11 is 0. The zero-order valence-corrected chi connectivity index (χ0v) is 10.7. The molecule has 0 bridgehead atoms. The van der Waals surface area contributed by atoms with E-state index in [-0.39, 0.29) is 5.41 Å². The molecule has 0 rings (SSSR count). The SMILES string of the molecule is C=C=C(C(O)C(C)(C)C)[Si](C)(C)C. The van der Waals surface area contributed by atoms with Gasteiger partial charge in [-0.25, -0.2) is 0 Å². The normalized spacial score (nSPS) is 15.0. The average molecular weight is 198 g/mol. The van der Waals surface area contributed by atoms with Gasteiger partial charge in [0, 0.05) is 0 Å². The van der Waals surface area contributed by atoms with E-state index < -0.39 is 14.2 Å². The highest BCUT2D eigenvalue weighted by Gasteiger charge is 2.32. The highest BCUT2D eigenvalue weighted by Crippen LogP contribution is 2.29. The lowest BCUT2D eigenvalue weighted by molar-refractivity contribution is 0.100. The van der Waals surface area contributed by atoms with Gasteiger partial charge < -0.3 is 5.11 Å². The molecule has 13 heavy (non-hydrogen) atoms. The van der Waals surface area contributed by atoms with Gasteiger partial charge in [-0.2, -0.15) is 0 Å². The molecular formula is C11H22OSi. The number of aliphatic hydroxyl groups excluding tert-OH is 1. The molecule has 0 amide bonds. The predicted molar refractivity (Wildman–Crippen MR) is 61.5 cm³/mol. The van der Waals surface area contributed by atoms with Gasteiger partial charge in [-0.1, -0.05) is 47.0 Å². The lowest BCUT2D eigenvalue weighted by Gasteiger charge is -2.32. The van der Waals surface area contributed by atoms with Crippen LogP contribution in [0.3, 0.4) is 0 Å². The fraction of sp³-hybridized carbons (Fsp3) is 0.727. The molecule has 2 heteroatoms. The maximum Gasteiger partial charge on any atom is 0.0857 e. The Morgan fingerprint density at radius 3 is 1.77 bits per heavy atom. The molecule has 1 nitrogen and oxygen atoms in total. The Morgan fingerprint density at radius 2 is 1.69 bits per heavy atom. The van der Waals surface area contributed by atoms with E-state index in [2.05, 4.69) is 32.0 Å². The molecule has 0 aromatic heterocycles. The maximum absolute atomic E-state index is 10.1. The van der Waals surface area contributed by atoms with Gasteiger partial charge in [0.1, 0.15) is 0 Å². The van der Waals surface area contributed by atoms with Crippen LogP contribution in [0.1, 0.15) is 20.8 Å². The van der Waals surface area contributed by atoms with Crippen LogP contribution in [-0.2, 0) is 0 Å². The number of hydrogen-bond donors (Lipinski definition) is 1. The van der Waals surface area contributed by atoms with Crippen LogP contribution in [-0.4, -0.2) is 19.3 Å². The molecule has 0 saturated heterocycles. The maximum atomic E-state index is 10.1. The third-order valence-corrected chi connectivity index (χ3v) is 4.16. The molecule has 0 fully saturated rings. The van der Waals surface area contributed by atoms with Gasteiger partial charge in [-0.15, -0.1) is 5.73 Å². The van der Waals surface area contributed by atoms with Crippen LogP contribution in [0, 0.1) is 5.41 Å². The quantitative estimate of drug-likeness (QED) is 0.534. The molecule has 1 unspecified atom stereocenters. The number of aliphatic hydroxyl groups is 1. The van der Waals surface area contributed by atoms with Gasteiger partial charge in [0.15, 0.2) is 0 Å². The van der Waals surface area contributed by atoms with Crippen LogP contribution in [0.15, 0.2) is 17.5 Å². The van der Waals surface area contributed by atoms with E-state index in [1.807, 2.05) is 20.8 Å². The van der Waals surface area contributed by atoms with E-state index in [4.69, 9.17) is 0 Å². The van der Waals surface area contributed by atoms with Gasteiger partial charge in [0.2, 0.25) is 0 Å². The van der Waals surface area contributed by atoms with Crippen LogP contribution in [0.5, 0.6) is 0 Å². The van der Waals surface area contributed by atoms with Crippen molar-refractivity contribution >= 4 is 8.07 Å². The minimum Gasteiger partial charge on any atom is -0.388 e. The zero-order chi connectivity index (χ0) is 10.9. The van der Waals surface area contributed by atoms with E-state index in [0.29, 0.717) is 0 Å². The Morgan fingerprint density at radius 1 is 1.31 bits per heavy atom. The van der Waals surface area contributed by atoms with Crippen molar-refractivity contribution in [2.24, 2.45) is 5.41 Å². The summed E-state index contributed by atoms with van der Waals surface area (Å²) in [4.78, 5) is 0. The van der Waals surface area contributed by atoms with Crippen LogP contribution in [0.25, 0.3) is 0 Å². The van der Waals surface area contributed by atoms with Gasteiger partial charge in [-0.05, 0) is 10.6 Å². The van der Waals surface area contributed by atoms with Gasteiger partial charge in [0.25, 0.3) is 0 Å². The molecule has 0 aromatic rings. The van der Waals surface area contributed by atoms with Crippen molar-refractivity contribution in [3.05, 3.63) is 17.5 Å². The van der Waals surface area contributed by atoms with Crippen LogP contribution < -0.4 is 0 Å². The highest BCUT2D eigenvalue weighted by atomic mass is 28.3. The van der Waals surface area contributed by atoms with E-state index in [1.54, 1.807) is 0 Å². The molecule has 0 aliphatic heterocycles. The largest absolute Gasteiger partial charge is 0.388 e. The Kier molecular flexibility index (Phi) is 3.74. The predicted octanol–water partition coefficient (Wildman–Crippen LogP) is 2.98. The average Bonchev–Trinajstić information content (AvgIpc) is 1.83. The molecule has 76 valence electrons. The number of rotatable bonds is 2. The summed E-state index contributed by atoms with van der Waals surface area (Å²) in [5, 5.41) is 11.1.